The van der Waals surface area contributed by atoms with Crippen LogP contribution in [0.1, 0.15) is 16.1 Å². The van der Waals surface area contributed by atoms with Crippen molar-refractivity contribution in [3.63, 3.8) is 0 Å². The molecule has 0 bridgehead atoms. The smallest absolute Gasteiger partial charge is 0.337 e. The van der Waals surface area contributed by atoms with Gasteiger partial charge in [0.05, 0.1) is 24.0 Å². The van der Waals surface area contributed by atoms with Gasteiger partial charge in [-0.15, -0.1) is 0 Å². The zero-order valence-electron chi connectivity index (χ0n) is 9.18. The van der Waals surface area contributed by atoms with Crippen LogP contribution in [-0.4, -0.2) is 16.2 Å². The minimum atomic E-state index is -1.21. The van der Waals surface area contributed by atoms with Crippen LogP contribution >= 0.6 is 0 Å². The van der Waals surface area contributed by atoms with Crippen molar-refractivity contribution in [3.8, 4) is 0 Å². The number of carboxylic acid groups (broad SMARTS) is 1. The Morgan fingerprint density at radius 3 is 2.94 bits per heavy atom. The minimum absolute atomic E-state index is 0.0398. The summed E-state index contributed by atoms with van der Waals surface area (Å²) in [6.07, 6.45) is 1.46. The summed E-state index contributed by atoms with van der Waals surface area (Å²) < 4.78 is 18.4. The average molecular weight is 251 g/mol. The lowest BCUT2D eigenvalue weighted by Crippen LogP contribution is -2.07. The molecule has 6 nitrogen and oxygen atoms in total. The molecule has 18 heavy (non-hydrogen) atoms. The first-order valence-corrected chi connectivity index (χ1v) is 5.03. The quantitative estimate of drug-likeness (QED) is 0.715. The molecule has 0 amide bonds. The molecule has 0 aliphatic rings. The Bertz CT molecular complexity index is 569. The molecule has 0 aliphatic carbocycles. The Kier molecular flexibility index (Phi) is 3.13. The molecule has 0 unspecified atom stereocenters. The number of aromatic nitrogens is 1. The van der Waals surface area contributed by atoms with Crippen LogP contribution in [0, 0.1) is 5.82 Å². The molecular formula is C11H10FN3O3. The number of carbonyl (C=O) groups is 1. The monoisotopic (exact) mass is 251 g/mol. The zero-order chi connectivity index (χ0) is 13.1. The second-order valence-electron chi connectivity index (χ2n) is 3.56. The maximum atomic E-state index is 13.5. The third-order valence-corrected chi connectivity index (χ3v) is 2.31. The van der Waals surface area contributed by atoms with Gasteiger partial charge in [-0.3, -0.25) is 0 Å². The highest BCUT2D eigenvalue weighted by atomic mass is 19.1. The predicted octanol–water partition coefficient (Wildman–Crippen LogP) is 1.71. The fourth-order valence-electron chi connectivity index (χ4n) is 1.42. The highest BCUT2D eigenvalue weighted by Gasteiger charge is 2.13. The number of nitrogens with two attached hydrogens (primary N) is 1. The number of nitrogens with zero attached hydrogens (tertiary/aromatic N) is 1. The van der Waals surface area contributed by atoms with E-state index in [2.05, 4.69) is 10.5 Å². The van der Waals surface area contributed by atoms with Crippen molar-refractivity contribution in [3.05, 3.63) is 41.5 Å². The van der Waals surface area contributed by atoms with Gasteiger partial charge >= 0.3 is 5.97 Å². The van der Waals surface area contributed by atoms with Crippen LogP contribution in [0.4, 0.5) is 15.8 Å². The van der Waals surface area contributed by atoms with Crippen LogP contribution in [0.3, 0.4) is 0 Å². The lowest BCUT2D eigenvalue weighted by atomic mass is 10.1. The lowest BCUT2D eigenvalue weighted by Gasteiger charge is -2.08. The summed E-state index contributed by atoms with van der Waals surface area (Å²) in [6.45, 7) is 0.194. The molecule has 1 aromatic carbocycles. The third kappa shape index (κ3) is 2.40. The first-order chi connectivity index (χ1) is 8.58. The number of benzene rings is 1. The molecule has 2 rings (SSSR count). The molecule has 0 fully saturated rings. The van der Waals surface area contributed by atoms with E-state index in [0.29, 0.717) is 5.76 Å². The first kappa shape index (κ1) is 11.9. The molecule has 4 N–H and O–H groups in total. The van der Waals surface area contributed by atoms with Gasteiger partial charge in [-0.25, -0.2) is 9.18 Å². The fourth-order valence-corrected chi connectivity index (χ4v) is 1.42. The van der Waals surface area contributed by atoms with Crippen molar-refractivity contribution in [2.75, 3.05) is 11.1 Å². The average Bonchev–Trinajstić information content (AvgIpc) is 2.80. The SMILES string of the molecule is Nc1cc(F)c(NCc2ccno2)cc1C(=O)O. The van der Waals surface area contributed by atoms with Gasteiger partial charge < -0.3 is 20.7 Å². The second kappa shape index (κ2) is 4.74. The highest BCUT2D eigenvalue weighted by molar-refractivity contribution is 5.94. The largest absolute Gasteiger partial charge is 0.478 e. The number of carboxylic acids is 1. The van der Waals surface area contributed by atoms with E-state index >= 15 is 0 Å². The van der Waals surface area contributed by atoms with Crippen LogP contribution < -0.4 is 11.1 Å². The number of nitrogen functional groups attached to an aromatic ring is 1. The van der Waals surface area contributed by atoms with Crippen LogP contribution in [-0.2, 0) is 6.54 Å². The van der Waals surface area contributed by atoms with Crippen LogP contribution in [0.5, 0.6) is 0 Å². The van der Waals surface area contributed by atoms with Crippen LogP contribution in [0.2, 0.25) is 0 Å². The molecule has 7 heteroatoms. The molecule has 0 atom stereocenters. The molecular weight excluding hydrogens is 241 g/mol. The topological polar surface area (TPSA) is 101 Å². The molecule has 0 saturated heterocycles. The van der Waals surface area contributed by atoms with E-state index < -0.39 is 11.8 Å². The Labute approximate surface area is 101 Å². The summed E-state index contributed by atoms with van der Waals surface area (Å²) in [6, 6.07) is 3.72. The normalized spacial score (nSPS) is 10.3. The van der Waals surface area contributed by atoms with E-state index in [-0.39, 0.29) is 23.5 Å². The van der Waals surface area contributed by atoms with E-state index in [1.807, 2.05) is 0 Å². The summed E-state index contributed by atoms with van der Waals surface area (Å²) in [5.41, 5.74) is 5.17. The third-order valence-electron chi connectivity index (χ3n) is 2.31. The fraction of sp³-hybridized carbons (Fsp3) is 0.0909. The standard InChI is InChI=1S/C11H10FN3O3/c12-8-4-9(13)7(11(16)17)3-10(8)14-5-6-1-2-15-18-6/h1-4,14H,5,13H2,(H,16,17). The van der Waals surface area contributed by atoms with Gasteiger partial charge in [0, 0.05) is 11.8 Å². The summed E-state index contributed by atoms with van der Waals surface area (Å²) in [4.78, 5) is 10.9. The van der Waals surface area contributed by atoms with Gasteiger partial charge in [0.25, 0.3) is 0 Å². The van der Waals surface area contributed by atoms with Gasteiger partial charge in [0.1, 0.15) is 5.82 Å². The minimum Gasteiger partial charge on any atom is -0.478 e. The van der Waals surface area contributed by atoms with E-state index in [9.17, 15) is 9.18 Å². The van der Waals surface area contributed by atoms with Gasteiger partial charge in [0.15, 0.2) is 5.76 Å². The van der Waals surface area contributed by atoms with Gasteiger partial charge in [0.2, 0.25) is 0 Å². The summed E-state index contributed by atoms with van der Waals surface area (Å²) >= 11 is 0. The predicted molar refractivity (Wildman–Crippen MR) is 61.6 cm³/mol. The molecule has 1 heterocycles. The number of hydrogen-bond acceptors (Lipinski definition) is 5. The van der Waals surface area contributed by atoms with E-state index in [4.69, 9.17) is 15.4 Å². The molecule has 2 aromatic rings. The molecule has 0 radical (unpaired) electrons. The summed E-state index contributed by atoms with van der Waals surface area (Å²) in [7, 11) is 0. The molecule has 0 aliphatic heterocycles. The van der Waals surface area contributed by atoms with Gasteiger partial charge in [-0.05, 0) is 12.1 Å². The Hall–Kier alpha value is -2.57. The van der Waals surface area contributed by atoms with Crippen molar-refractivity contribution >= 4 is 17.3 Å². The number of halogens is 1. The summed E-state index contributed by atoms with van der Waals surface area (Å²) in [5.74, 6) is -1.34. The Balaban J connectivity index is 2.22. The molecule has 1 aromatic heterocycles. The van der Waals surface area contributed by atoms with Crippen LogP contribution in [0.25, 0.3) is 0 Å². The maximum absolute atomic E-state index is 13.5. The van der Waals surface area contributed by atoms with Crippen molar-refractivity contribution in [2.24, 2.45) is 0 Å². The molecule has 0 spiro atoms. The first-order valence-electron chi connectivity index (χ1n) is 5.03. The van der Waals surface area contributed by atoms with Crippen molar-refractivity contribution < 1.29 is 18.8 Å². The van der Waals surface area contributed by atoms with Gasteiger partial charge in [-0.2, -0.15) is 0 Å². The number of anilines is 2. The maximum Gasteiger partial charge on any atom is 0.337 e. The Morgan fingerprint density at radius 2 is 2.33 bits per heavy atom. The van der Waals surface area contributed by atoms with E-state index in [1.165, 1.54) is 6.20 Å². The second-order valence-corrected chi connectivity index (χ2v) is 3.56. The van der Waals surface area contributed by atoms with Crippen LogP contribution in [0.15, 0.2) is 28.9 Å². The lowest BCUT2D eigenvalue weighted by molar-refractivity contribution is 0.0698. The zero-order valence-corrected chi connectivity index (χ0v) is 9.18. The van der Waals surface area contributed by atoms with Crippen molar-refractivity contribution in [2.45, 2.75) is 6.54 Å². The molecule has 0 saturated carbocycles. The Morgan fingerprint density at radius 1 is 1.56 bits per heavy atom. The van der Waals surface area contributed by atoms with E-state index in [1.54, 1.807) is 6.07 Å². The molecule has 94 valence electrons. The van der Waals surface area contributed by atoms with E-state index in [0.717, 1.165) is 12.1 Å². The highest BCUT2D eigenvalue weighted by Crippen LogP contribution is 2.22. The van der Waals surface area contributed by atoms with Gasteiger partial charge in [-0.1, -0.05) is 5.16 Å². The van der Waals surface area contributed by atoms with Crippen molar-refractivity contribution in [1.82, 2.24) is 5.16 Å². The number of hydrogen-bond donors (Lipinski definition) is 3. The number of rotatable bonds is 4. The van der Waals surface area contributed by atoms with Crippen molar-refractivity contribution in [1.29, 1.82) is 0 Å². The number of nitrogens with one attached hydrogen (secondary N) is 1. The number of aromatic carboxylic acids is 1. The summed E-state index contributed by atoms with van der Waals surface area (Å²) in [5, 5.41) is 15.1.